The van der Waals surface area contributed by atoms with Gasteiger partial charge in [0, 0.05) is 18.8 Å². The van der Waals surface area contributed by atoms with E-state index < -0.39 is 16.1 Å². The molecule has 2 aromatic rings. The molecule has 1 aliphatic heterocycles. The lowest BCUT2D eigenvalue weighted by molar-refractivity contribution is 0.0774. The first kappa shape index (κ1) is 21.3. The topological polar surface area (TPSA) is 75.7 Å². The van der Waals surface area contributed by atoms with Crippen molar-refractivity contribution in [3.8, 4) is 0 Å². The van der Waals surface area contributed by atoms with E-state index in [0.717, 1.165) is 5.56 Å². The average Bonchev–Trinajstić information content (AvgIpc) is 2.69. The Kier molecular flexibility index (Phi) is 6.59. The Hall–Kier alpha value is -2.38. The number of hydrogen-bond acceptors (Lipinski definition) is 4. The van der Waals surface area contributed by atoms with Crippen LogP contribution in [0.5, 0.6) is 0 Å². The lowest BCUT2D eigenvalue weighted by Gasteiger charge is -2.30. The standard InChI is InChI=1S/C22H28N2O4S/c1-16(2)18-6-8-19(9-7-18)23-22(25)28-20-12-14-24(15-13-20)29(26,27)21-10-4-17(3)5-11-21/h4-11,16,20H,12-15H2,1-3H3,(H,23,25). The molecule has 0 saturated carbocycles. The Morgan fingerprint density at radius 1 is 1.03 bits per heavy atom. The van der Waals surface area contributed by atoms with Gasteiger partial charge in [0.2, 0.25) is 10.0 Å². The summed E-state index contributed by atoms with van der Waals surface area (Å²) in [4.78, 5) is 12.5. The van der Waals surface area contributed by atoms with Gasteiger partial charge in [-0.3, -0.25) is 5.32 Å². The molecule has 0 radical (unpaired) electrons. The highest BCUT2D eigenvalue weighted by molar-refractivity contribution is 7.89. The molecule has 1 fully saturated rings. The number of sulfonamides is 1. The second-order valence-electron chi connectivity index (χ2n) is 7.72. The summed E-state index contributed by atoms with van der Waals surface area (Å²) >= 11 is 0. The number of aryl methyl sites for hydroxylation is 1. The van der Waals surface area contributed by atoms with E-state index in [9.17, 15) is 13.2 Å². The zero-order valence-corrected chi connectivity index (χ0v) is 17.9. The van der Waals surface area contributed by atoms with E-state index >= 15 is 0 Å². The van der Waals surface area contributed by atoms with Gasteiger partial charge >= 0.3 is 6.09 Å². The first-order chi connectivity index (χ1) is 13.8. The Bertz CT molecular complexity index is 930. The normalized spacial score (nSPS) is 16.0. The lowest BCUT2D eigenvalue weighted by atomic mass is 10.0. The second-order valence-corrected chi connectivity index (χ2v) is 9.66. The van der Waals surface area contributed by atoms with Gasteiger partial charge in [-0.2, -0.15) is 4.31 Å². The monoisotopic (exact) mass is 416 g/mol. The first-order valence-electron chi connectivity index (χ1n) is 9.90. The van der Waals surface area contributed by atoms with Gasteiger partial charge in [-0.25, -0.2) is 13.2 Å². The smallest absolute Gasteiger partial charge is 0.411 e. The van der Waals surface area contributed by atoms with Gasteiger partial charge in [-0.15, -0.1) is 0 Å². The van der Waals surface area contributed by atoms with Crippen LogP contribution in [0.4, 0.5) is 10.5 Å². The van der Waals surface area contributed by atoms with E-state index in [0.29, 0.717) is 42.4 Å². The average molecular weight is 417 g/mol. The molecule has 1 heterocycles. The molecule has 0 aromatic heterocycles. The van der Waals surface area contributed by atoms with Crippen molar-refractivity contribution in [3.63, 3.8) is 0 Å². The summed E-state index contributed by atoms with van der Waals surface area (Å²) in [6.07, 6.45) is 0.145. The molecule has 1 saturated heterocycles. The fourth-order valence-electron chi connectivity index (χ4n) is 3.30. The molecule has 0 unspecified atom stereocenters. The van der Waals surface area contributed by atoms with Crippen LogP contribution in [0.3, 0.4) is 0 Å². The van der Waals surface area contributed by atoms with Crippen molar-refractivity contribution in [1.82, 2.24) is 4.31 Å². The van der Waals surface area contributed by atoms with Gasteiger partial charge in [0.05, 0.1) is 4.90 Å². The molecule has 1 aliphatic rings. The molecular weight excluding hydrogens is 388 g/mol. The summed E-state index contributed by atoms with van der Waals surface area (Å²) in [7, 11) is -3.51. The minimum absolute atomic E-state index is 0.296. The lowest BCUT2D eigenvalue weighted by Crippen LogP contribution is -2.41. The summed E-state index contributed by atoms with van der Waals surface area (Å²) < 4.78 is 32.4. The Morgan fingerprint density at radius 2 is 1.62 bits per heavy atom. The number of piperidine rings is 1. The van der Waals surface area contributed by atoms with Gasteiger partial charge in [-0.05, 0) is 55.5 Å². The Balaban J connectivity index is 1.51. The van der Waals surface area contributed by atoms with Crippen molar-refractivity contribution in [1.29, 1.82) is 0 Å². The largest absolute Gasteiger partial charge is 0.446 e. The highest BCUT2D eigenvalue weighted by Crippen LogP contribution is 2.23. The van der Waals surface area contributed by atoms with Gasteiger partial charge in [0.25, 0.3) is 0 Å². The van der Waals surface area contributed by atoms with Crippen LogP contribution in [0.25, 0.3) is 0 Å². The number of rotatable bonds is 5. The Morgan fingerprint density at radius 3 is 2.17 bits per heavy atom. The maximum atomic E-state index is 12.7. The molecule has 29 heavy (non-hydrogen) atoms. The predicted octanol–water partition coefficient (Wildman–Crippen LogP) is 4.52. The van der Waals surface area contributed by atoms with E-state index in [2.05, 4.69) is 19.2 Å². The van der Waals surface area contributed by atoms with Crippen LogP contribution >= 0.6 is 0 Å². The van der Waals surface area contributed by atoms with Gasteiger partial charge in [0.15, 0.2) is 0 Å². The molecule has 1 amide bonds. The quantitative estimate of drug-likeness (QED) is 0.777. The van der Waals surface area contributed by atoms with Gasteiger partial charge in [-0.1, -0.05) is 43.7 Å². The third-order valence-corrected chi connectivity index (χ3v) is 7.07. The summed E-state index contributed by atoms with van der Waals surface area (Å²) in [6.45, 7) is 6.81. The fourth-order valence-corrected chi connectivity index (χ4v) is 4.77. The van der Waals surface area contributed by atoms with Crippen molar-refractivity contribution >= 4 is 21.8 Å². The van der Waals surface area contributed by atoms with Crippen LogP contribution in [0.2, 0.25) is 0 Å². The van der Waals surface area contributed by atoms with E-state index in [-0.39, 0.29) is 6.10 Å². The highest BCUT2D eigenvalue weighted by Gasteiger charge is 2.30. The van der Waals surface area contributed by atoms with Gasteiger partial charge in [0.1, 0.15) is 6.10 Å². The minimum Gasteiger partial charge on any atom is -0.446 e. The number of anilines is 1. The van der Waals surface area contributed by atoms with E-state index in [1.165, 1.54) is 9.87 Å². The molecule has 2 aromatic carbocycles. The SMILES string of the molecule is Cc1ccc(S(=O)(=O)N2CCC(OC(=O)Nc3ccc(C(C)C)cc3)CC2)cc1. The summed E-state index contributed by atoms with van der Waals surface area (Å²) in [5, 5.41) is 2.73. The molecule has 3 rings (SSSR count). The molecule has 0 atom stereocenters. The molecule has 1 N–H and O–H groups in total. The summed E-state index contributed by atoms with van der Waals surface area (Å²) in [5.41, 5.74) is 2.89. The third kappa shape index (κ3) is 5.36. The van der Waals surface area contributed by atoms with Crippen LogP contribution in [0, 0.1) is 6.92 Å². The van der Waals surface area contributed by atoms with E-state index in [4.69, 9.17) is 4.74 Å². The number of carbonyl (C=O) groups is 1. The van der Waals surface area contributed by atoms with Crippen LogP contribution in [-0.2, 0) is 14.8 Å². The molecular formula is C22H28N2O4S. The third-order valence-electron chi connectivity index (χ3n) is 5.16. The highest BCUT2D eigenvalue weighted by atomic mass is 32.2. The van der Waals surface area contributed by atoms with Crippen LogP contribution in [-0.4, -0.2) is 38.0 Å². The van der Waals surface area contributed by atoms with E-state index in [1.54, 1.807) is 24.3 Å². The van der Waals surface area contributed by atoms with Gasteiger partial charge < -0.3 is 4.74 Å². The first-order valence-corrected chi connectivity index (χ1v) is 11.3. The molecule has 7 heteroatoms. The van der Waals surface area contributed by atoms with Crippen molar-refractivity contribution < 1.29 is 17.9 Å². The number of carbonyl (C=O) groups excluding carboxylic acids is 1. The minimum atomic E-state index is -3.51. The number of nitrogens with one attached hydrogen (secondary N) is 1. The fraction of sp³-hybridized carbons (Fsp3) is 0.409. The summed E-state index contributed by atoms with van der Waals surface area (Å²) in [6, 6.07) is 14.5. The predicted molar refractivity (Wildman–Crippen MR) is 114 cm³/mol. The van der Waals surface area contributed by atoms with Crippen LogP contribution in [0.15, 0.2) is 53.4 Å². The zero-order chi connectivity index (χ0) is 21.0. The van der Waals surface area contributed by atoms with Crippen LogP contribution in [0.1, 0.15) is 43.7 Å². The number of hydrogen-bond donors (Lipinski definition) is 1. The van der Waals surface area contributed by atoms with Crippen molar-refractivity contribution in [3.05, 3.63) is 59.7 Å². The van der Waals surface area contributed by atoms with Crippen molar-refractivity contribution in [2.24, 2.45) is 0 Å². The number of amides is 1. The molecule has 0 aliphatic carbocycles. The Labute approximate surface area is 172 Å². The zero-order valence-electron chi connectivity index (χ0n) is 17.1. The van der Waals surface area contributed by atoms with Crippen molar-refractivity contribution in [2.45, 2.75) is 50.5 Å². The molecule has 6 nitrogen and oxygen atoms in total. The van der Waals surface area contributed by atoms with Crippen molar-refractivity contribution in [2.75, 3.05) is 18.4 Å². The second kappa shape index (κ2) is 8.97. The van der Waals surface area contributed by atoms with E-state index in [1.807, 2.05) is 31.2 Å². The number of ether oxygens (including phenoxy) is 1. The maximum absolute atomic E-state index is 12.7. The number of nitrogens with zero attached hydrogens (tertiary/aromatic N) is 1. The van der Waals surface area contributed by atoms with Crippen LogP contribution < -0.4 is 5.32 Å². The molecule has 156 valence electrons. The number of benzene rings is 2. The maximum Gasteiger partial charge on any atom is 0.411 e. The molecule has 0 spiro atoms. The summed E-state index contributed by atoms with van der Waals surface area (Å²) in [5.74, 6) is 0.428. The molecule has 0 bridgehead atoms.